The van der Waals surface area contributed by atoms with Crippen molar-refractivity contribution in [3.8, 4) is 16.9 Å². The first-order valence-corrected chi connectivity index (χ1v) is 13.1. The van der Waals surface area contributed by atoms with Gasteiger partial charge in [0.25, 0.3) is 0 Å². The number of hydrogen-bond acceptors (Lipinski definition) is 4. The number of aromatic nitrogens is 2. The van der Waals surface area contributed by atoms with Crippen LogP contribution >= 0.6 is 8.44 Å². The van der Waals surface area contributed by atoms with Gasteiger partial charge in [0.1, 0.15) is 5.65 Å². The highest BCUT2D eigenvalue weighted by Gasteiger charge is 2.20. The topological polar surface area (TPSA) is 67.0 Å². The van der Waals surface area contributed by atoms with Crippen molar-refractivity contribution in [3.05, 3.63) is 48.2 Å². The molecule has 0 aliphatic heterocycles. The van der Waals surface area contributed by atoms with E-state index in [1.54, 1.807) is 7.11 Å². The summed E-state index contributed by atoms with van der Waals surface area (Å²) >= 11 is 0. The Labute approximate surface area is 173 Å². The number of rotatable bonds is 5. The zero-order valence-corrected chi connectivity index (χ0v) is 19.1. The highest BCUT2D eigenvalue weighted by molar-refractivity contribution is 8.45. The minimum Gasteiger partial charge on any atom is -0.492 e. The molecule has 0 saturated heterocycles. The standard InChI is InChI=1S/C22H26N3O2PS/c1-5-29(26,28)15-8-6-7-14(10-15)16-11-18(23-3)21(27-4)20-19(16)17-9-13(2)12-24-22(17)25-20/h6-12,23,29H,5,28H2,1-4H3,(H,24,25). The maximum Gasteiger partial charge on any atom is 0.166 e. The fourth-order valence-electron chi connectivity index (χ4n) is 3.76. The van der Waals surface area contributed by atoms with Crippen LogP contribution in [0.5, 0.6) is 5.75 Å². The molecular formula is C22H26N3O2PS. The normalized spacial score (nSPS) is 12.4. The van der Waals surface area contributed by atoms with E-state index in [4.69, 9.17) is 4.74 Å². The molecule has 5 nitrogen and oxygen atoms in total. The molecule has 29 heavy (non-hydrogen) atoms. The van der Waals surface area contributed by atoms with Crippen molar-refractivity contribution in [2.45, 2.75) is 18.7 Å². The van der Waals surface area contributed by atoms with Crippen molar-refractivity contribution in [2.75, 3.05) is 25.2 Å². The second-order valence-electron chi connectivity index (χ2n) is 7.20. The molecule has 1 unspecified atom stereocenters. The Morgan fingerprint density at radius 1 is 1.28 bits per heavy atom. The number of aromatic amines is 1. The van der Waals surface area contributed by atoms with Crippen LogP contribution in [0.25, 0.3) is 33.1 Å². The fourth-order valence-corrected chi connectivity index (χ4v) is 5.30. The third-order valence-corrected chi connectivity index (χ3v) is 9.44. The van der Waals surface area contributed by atoms with Crippen LogP contribution in [0.2, 0.25) is 0 Å². The molecule has 0 aliphatic carbocycles. The molecule has 2 aromatic heterocycles. The molecule has 2 aromatic carbocycles. The van der Waals surface area contributed by atoms with E-state index in [9.17, 15) is 4.21 Å². The average molecular weight is 428 g/mol. The number of fused-ring (bicyclic) bond motifs is 3. The van der Waals surface area contributed by atoms with Crippen LogP contribution in [-0.2, 0) is 9.55 Å². The monoisotopic (exact) mass is 427 g/mol. The molecule has 0 aliphatic rings. The van der Waals surface area contributed by atoms with E-state index in [2.05, 4.69) is 41.9 Å². The molecule has 2 heterocycles. The van der Waals surface area contributed by atoms with Gasteiger partial charge in [-0.15, -0.1) is 0 Å². The van der Waals surface area contributed by atoms with Gasteiger partial charge >= 0.3 is 0 Å². The van der Waals surface area contributed by atoms with E-state index in [1.165, 1.54) is 0 Å². The Hall–Kier alpha value is -2.43. The van der Waals surface area contributed by atoms with Gasteiger partial charge in [0, 0.05) is 34.7 Å². The van der Waals surface area contributed by atoms with E-state index < -0.39 is 9.55 Å². The molecule has 0 fully saturated rings. The van der Waals surface area contributed by atoms with Gasteiger partial charge < -0.3 is 15.0 Å². The number of benzene rings is 2. The minimum absolute atomic E-state index is 0.608. The summed E-state index contributed by atoms with van der Waals surface area (Å²) in [5, 5.41) is 5.34. The Balaban J connectivity index is 2.12. The number of ether oxygens (including phenoxy) is 1. The lowest BCUT2D eigenvalue weighted by Gasteiger charge is -2.18. The minimum atomic E-state index is -2.45. The molecule has 4 aromatic rings. The number of H-pyrrole nitrogens is 1. The quantitative estimate of drug-likeness (QED) is 0.312. The van der Waals surface area contributed by atoms with Gasteiger partial charge in [0.05, 0.1) is 18.3 Å². The molecule has 4 rings (SSSR count). The highest BCUT2D eigenvalue weighted by Crippen LogP contribution is 2.44. The van der Waals surface area contributed by atoms with Gasteiger partial charge in [-0.25, -0.2) is 4.98 Å². The van der Waals surface area contributed by atoms with Crippen LogP contribution in [0.1, 0.15) is 12.5 Å². The van der Waals surface area contributed by atoms with Crippen LogP contribution < -0.4 is 10.1 Å². The molecule has 0 spiro atoms. The number of anilines is 1. The molecule has 152 valence electrons. The van der Waals surface area contributed by atoms with E-state index >= 15 is 0 Å². The first-order chi connectivity index (χ1) is 13.9. The molecule has 0 saturated carbocycles. The van der Waals surface area contributed by atoms with Crippen LogP contribution in [0.4, 0.5) is 5.69 Å². The summed E-state index contributed by atoms with van der Waals surface area (Å²) in [5.74, 6) is 1.36. The zero-order chi connectivity index (χ0) is 20.8. The second kappa shape index (κ2) is 7.43. The lowest BCUT2D eigenvalue weighted by Crippen LogP contribution is -2.05. The van der Waals surface area contributed by atoms with Crippen molar-refractivity contribution in [1.29, 1.82) is 0 Å². The number of thiol groups is 1. The van der Waals surface area contributed by atoms with Crippen molar-refractivity contribution in [2.24, 2.45) is 0 Å². The summed E-state index contributed by atoms with van der Waals surface area (Å²) in [4.78, 5) is 8.87. The fraction of sp³-hybridized carbons (Fsp3) is 0.227. The van der Waals surface area contributed by atoms with Crippen LogP contribution in [-0.4, -0.2) is 34.1 Å². The third-order valence-electron chi connectivity index (χ3n) is 5.35. The van der Waals surface area contributed by atoms with Gasteiger partial charge in [-0.1, -0.05) is 37.1 Å². The number of aryl methyl sites for hydroxylation is 1. The number of nitrogens with zero attached hydrogens (tertiary/aromatic N) is 1. The maximum absolute atomic E-state index is 13.0. The highest BCUT2D eigenvalue weighted by atomic mass is 32.8. The predicted molar refractivity (Wildman–Crippen MR) is 128 cm³/mol. The third kappa shape index (κ3) is 3.30. The smallest absolute Gasteiger partial charge is 0.166 e. The number of hydrogen-bond donors (Lipinski definition) is 3. The van der Waals surface area contributed by atoms with Crippen LogP contribution in [0, 0.1) is 6.92 Å². The Bertz CT molecular complexity index is 1280. The van der Waals surface area contributed by atoms with Crippen LogP contribution in [0.3, 0.4) is 0 Å². The van der Waals surface area contributed by atoms with Gasteiger partial charge in [-0.05, 0) is 47.9 Å². The lowest BCUT2D eigenvalue weighted by atomic mass is 9.98. The number of nitrogens with one attached hydrogen (secondary N) is 2. The van der Waals surface area contributed by atoms with Gasteiger partial charge in [-0.3, -0.25) is 4.21 Å². The van der Waals surface area contributed by atoms with E-state index in [-0.39, 0.29) is 0 Å². The van der Waals surface area contributed by atoms with E-state index in [1.807, 2.05) is 45.3 Å². The molecule has 1 atom stereocenters. The van der Waals surface area contributed by atoms with E-state index in [0.29, 0.717) is 5.75 Å². The second-order valence-corrected chi connectivity index (χ2v) is 12.4. The summed E-state index contributed by atoms with van der Waals surface area (Å²) in [6.07, 6.45) is 1.86. The van der Waals surface area contributed by atoms with Gasteiger partial charge in [-0.2, -0.15) is 0 Å². The number of methoxy groups -OCH3 is 1. The average Bonchev–Trinajstić information content (AvgIpc) is 3.11. The summed E-state index contributed by atoms with van der Waals surface area (Å²) in [6.45, 7) is 4.00. The zero-order valence-electron chi connectivity index (χ0n) is 17.0. The molecular weight excluding hydrogens is 401 g/mol. The number of pyridine rings is 1. The van der Waals surface area contributed by atoms with E-state index in [0.717, 1.165) is 55.0 Å². The maximum atomic E-state index is 13.0. The Morgan fingerprint density at radius 3 is 2.76 bits per heavy atom. The first-order valence-electron chi connectivity index (χ1n) is 9.55. The largest absolute Gasteiger partial charge is 0.492 e. The molecule has 2 N–H and O–H groups in total. The van der Waals surface area contributed by atoms with Gasteiger partial charge in [0.2, 0.25) is 0 Å². The molecule has 0 radical (unpaired) electrons. The lowest BCUT2D eigenvalue weighted by molar-refractivity contribution is 0.421. The summed E-state index contributed by atoms with van der Waals surface area (Å²) < 4.78 is 18.7. The summed E-state index contributed by atoms with van der Waals surface area (Å²) in [7, 11) is 3.66. The Kier molecular flexibility index (Phi) is 5.09. The van der Waals surface area contributed by atoms with Crippen molar-refractivity contribution >= 4 is 45.6 Å². The first kappa shape index (κ1) is 19.9. The molecule has 0 bridgehead atoms. The summed E-state index contributed by atoms with van der Waals surface area (Å²) in [5.41, 5.74) is 5.76. The van der Waals surface area contributed by atoms with Crippen LogP contribution in [0.15, 0.2) is 47.5 Å². The van der Waals surface area contributed by atoms with Crippen molar-refractivity contribution in [3.63, 3.8) is 0 Å². The predicted octanol–water partition coefficient (Wildman–Crippen LogP) is 4.93. The Morgan fingerprint density at radius 2 is 2.07 bits per heavy atom. The molecule has 7 heteroatoms. The van der Waals surface area contributed by atoms with Crippen molar-refractivity contribution in [1.82, 2.24) is 9.97 Å². The molecule has 0 amide bonds. The SMILES string of the molecule is CC[SH](=O)(P)c1cccc(-c2cc(NC)c(OC)c3[nH]c4ncc(C)cc4c23)c1. The van der Waals surface area contributed by atoms with Gasteiger partial charge in [0.15, 0.2) is 5.75 Å². The van der Waals surface area contributed by atoms with Crippen molar-refractivity contribution < 1.29 is 8.95 Å². The summed E-state index contributed by atoms with van der Waals surface area (Å²) in [6, 6.07) is 12.3.